The maximum atomic E-state index is 11.4. The van der Waals surface area contributed by atoms with E-state index in [4.69, 9.17) is 4.74 Å². The molecule has 0 bridgehead atoms. The van der Waals surface area contributed by atoms with Gasteiger partial charge in [0.1, 0.15) is 5.75 Å². The molecule has 4 heteroatoms. The molecular formula is C14H22N2O2. The van der Waals surface area contributed by atoms with E-state index in [1.807, 2.05) is 6.07 Å². The number of hydrogen-bond donors (Lipinski definition) is 1. The molecule has 0 unspecified atom stereocenters. The van der Waals surface area contributed by atoms with Crippen molar-refractivity contribution < 1.29 is 9.53 Å². The molecule has 1 rings (SSSR count). The Kier molecular flexibility index (Phi) is 5.01. The summed E-state index contributed by atoms with van der Waals surface area (Å²) in [4.78, 5) is 13.1. The number of ether oxygens (including phenoxy) is 1. The summed E-state index contributed by atoms with van der Waals surface area (Å²) < 4.78 is 5.29. The molecule has 0 fully saturated rings. The highest BCUT2D eigenvalue weighted by atomic mass is 16.5. The van der Waals surface area contributed by atoms with Gasteiger partial charge in [0.25, 0.3) is 0 Å². The van der Waals surface area contributed by atoms with E-state index >= 15 is 0 Å². The van der Waals surface area contributed by atoms with Crippen molar-refractivity contribution in [3.63, 3.8) is 0 Å². The second-order valence-electron chi connectivity index (χ2n) is 4.40. The molecule has 0 aliphatic carbocycles. The van der Waals surface area contributed by atoms with Crippen LogP contribution in [0.2, 0.25) is 0 Å². The number of likely N-dealkylation sites (N-methyl/N-ethyl adjacent to an activating group) is 1. The highest BCUT2D eigenvalue weighted by Crippen LogP contribution is 2.24. The van der Waals surface area contributed by atoms with Crippen LogP contribution >= 0.6 is 0 Å². The van der Waals surface area contributed by atoms with Gasteiger partial charge >= 0.3 is 6.03 Å². The Bertz CT molecular complexity index is 430. The third-order valence-electron chi connectivity index (χ3n) is 3.35. The summed E-state index contributed by atoms with van der Waals surface area (Å²) >= 11 is 0. The van der Waals surface area contributed by atoms with Gasteiger partial charge in [0.05, 0.1) is 7.11 Å². The molecule has 0 radical (unpaired) electrons. The van der Waals surface area contributed by atoms with Crippen molar-refractivity contribution in [2.24, 2.45) is 0 Å². The van der Waals surface area contributed by atoms with Crippen molar-refractivity contribution in [3.05, 3.63) is 28.8 Å². The fourth-order valence-corrected chi connectivity index (χ4v) is 1.92. The Hall–Kier alpha value is -1.71. The predicted molar refractivity (Wildman–Crippen MR) is 73.3 cm³/mol. The van der Waals surface area contributed by atoms with Crippen LogP contribution in [0, 0.1) is 13.8 Å². The Morgan fingerprint density at radius 1 is 1.33 bits per heavy atom. The summed E-state index contributed by atoms with van der Waals surface area (Å²) in [5, 5.41) is 2.61. The zero-order chi connectivity index (χ0) is 13.7. The molecule has 0 heterocycles. The summed E-state index contributed by atoms with van der Waals surface area (Å²) in [5.41, 5.74) is 3.65. The van der Waals surface area contributed by atoms with Crippen molar-refractivity contribution in [1.82, 2.24) is 10.2 Å². The zero-order valence-electron chi connectivity index (χ0n) is 11.8. The zero-order valence-corrected chi connectivity index (χ0v) is 11.8. The maximum absolute atomic E-state index is 11.4. The van der Waals surface area contributed by atoms with E-state index in [2.05, 4.69) is 25.2 Å². The smallest absolute Gasteiger partial charge is 0.316 e. The van der Waals surface area contributed by atoms with Crippen LogP contribution in [0.3, 0.4) is 0 Å². The van der Waals surface area contributed by atoms with Crippen molar-refractivity contribution in [2.45, 2.75) is 20.3 Å². The standard InChI is InChI=1S/C14H22N2O2/c1-10-11(2)13(18-5)7-6-12(10)8-9-16(4)14(17)15-3/h6-7H,8-9H2,1-5H3,(H,15,17). The normalized spacial score (nSPS) is 10.1. The minimum Gasteiger partial charge on any atom is -0.496 e. The van der Waals surface area contributed by atoms with Crippen LogP contribution in [-0.2, 0) is 6.42 Å². The molecule has 1 aromatic carbocycles. The molecule has 100 valence electrons. The summed E-state index contributed by atoms with van der Waals surface area (Å²) in [6.45, 7) is 4.85. The lowest BCUT2D eigenvalue weighted by Gasteiger charge is -2.18. The van der Waals surface area contributed by atoms with E-state index in [9.17, 15) is 4.79 Å². The molecule has 0 spiro atoms. The molecule has 0 saturated heterocycles. The second-order valence-corrected chi connectivity index (χ2v) is 4.40. The molecular weight excluding hydrogens is 228 g/mol. The van der Waals surface area contributed by atoms with Crippen LogP contribution in [0.25, 0.3) is 0 Å². The highest BCUT2D eigenvalue weighted by Gasteiger charge is 2.09. The first-order chi connectivity index (χ1) is 8.51. The fourth-order valence-electron chi connectivity index (χ4n) is 1.92. The van der Waals surface area contributed by atoms with Crippen LogP contribution in [0.5, 0.6) is 5.75 Å². The Labute approximate surface area is 109 Å². The molecule has 18 heavy (non-hydrogen) atoms. The number of carbonyl (C=O) groups excluding carboxylic acids is 1. The predicted octanol–water partition coefficient (Wildman–Crippen LogP) is 2.13. The van der Waals surface area contributed by atoms with Crippen molar-refractivity contribution >= 4 is 6.03 Å². The lowest BCUT2D eigenvalue weighted by atomic mass is 10.00. The number of urea groups is 1. The monoisotopic (exact) mass is 250 g/mol. The average Bonchev–Trinajstić information content (AvgIpc) is 2.39. The summed E-state index contributed by atoms with van der Waals surface area (Å²) in [6.07, 6.45) is 0.848. The quantitative estimate of drug-likeness (QED) is 0.889. The number of methoxy groups -OCH3 is 1. The van der Waals surface area contributed by atoms with Crippen molar-refractivity contribution in [1.29, 1.82) is 0 Å². The van der Waals surface area contributed by atoms with E-state index in [1.165, 1.54) is 11.1 Å². The molecule has 0 saturated carbocycles. The number of amides is 2. The molecule has 2 amide bonds. The van der Waals surface area contributed by atoms with Gasteiger partial charge in [-0.15, -0.1) is 0 Å². The van der Waals surface area contributed by atoms with E-state index in [-0.39, 0.29) is 6.03 Å². The number of nitrogens with one attached hydrogen (secondary N) is 1. The van der Waals surface area contributed by atoms with Gasteiger partial charge in [0.15, 0.2) is 0 Å². The van der Waals surface area contributed by atoms with Crippen LogP contribution < -0.4 is 10.1 Å². The number of hydrogen-bond acceptors (Lipinski definition) is 2. The molecule has 4 nitrogen and oxygen atoms in total. The molecule has 0 aliphatic heterocycles. The average molecular weight is 250 g/mol. The molecule has 1 N–H and O–H groups in total. The number of rotatable bonds is 4. The Morgan fingerprint density at radius 3 is 2.56 bits per heavy atom. The van der Waals surface area contributed by atoms with Crippen molar-refractivity contribution in [2.75, 3.05) is 27.7 Å². The van der Waals surface area contributed by atoms with Crippen molar-refractivity contribution in [3.8, 4) is 5.75 Å². The summed E-state index contributed by atoms with van der Waals surface area (Å²) in [6, 6.07) is 3.99. The minimum absolute atomic E-state index is 0.0575. The van der Waals surface area contributed by atoms with Gasteiger partial charge in [-0.05, 0) is 43.0 Å². The largest absolute Gasteiger partial charge is 0.496 e. The SMILES string of the molecule is CNC(=O)N(C)CCc1ccc(OC)c(C)c1C. The van der Waals surface area contributed by atoms with Gasteiger partial charge in [-0.2, -0.15) is 0 Å². The first kappa shape index (κ1) is 14.4. The first-order valence-electron chi connectivity index (χ1n) is 6.07. The summed E-state index contributed by atoms with van der Waals surface area (Å²) in [7, 11) is 5.12. The van der Waals surface area contributed by atoms with Gasteiger partial charge in [0.2, 0.25) is 0 Å². The topological polar surface area (TPSA) is 41.6 Å². The van der Waals surface area contributed by atoms with E-state index in [0.717, 1.165) is 17.7 Å². The Balaban J connectivity index is 2.74. The van der Waals surface area contributed by atoms with Crippen LogP contribution in [0.15, 0.2) is 12.1 Å². The summed E-state index contributed by atoms with van der Waals surface area (Å²) in [5.74, 6) is 0.913. The maximum Gasteiger partial charge on any atom is 0.316 e. The van der Waals surface area contributed by atoms with Gasteiger partial charge in [0, 0.05) is 20.6 Å². The van der Waals surface area contributed by atoms with Gasteiger partial charge in [-0.3, -0.25) is 0 Å². The van der Waals surface area contributed by atoms with Gasteiger partial charge in [-0.1, -0.05) is 6.07 Å². The van der Waals surface area contributed by atoms with Gasteiger partial charge in [-0.25, -0.2) is 4.79 Å². The molecule has 0 aromatic heterocycles. The fraction of sp³-hybridized carbons (Fsp3) is 0.500. The minimum atomic E-state index is -0.0575. The molecule has 0 aliphatic rings. The number of benzene rings is 1. The lowest BCUT2D eigenvalue weighted by molar-refractivity contribution is 0.211. The molecule has 0 atom stereocenters. The highest BCUT2D eigenvalue weighted by molar-refractivity contribution is 5.73. The lowest BCUT2D eigenvalue weighted by Crippen LogP contribution is -2.36. The van der Waals surface area contributed by atoms with E-state index < -0.39 is 0 Å². The van der Waals surface area contributed by atoms with E-state index in [1.54, 1.807) is 26.1 Å². The molecule has 1 aromatic rings. The van der Waals surface area contributed by atoms with E-state index in [0.29, 0.717) is 6.54 Å². The number of carbonyl (C=O) groups is 1. The number of nitrogens with zero attached hydrogens (tertiary/aromatic N) is 1. The van der Waals surface area contributed by atoms with Crippen LogP contribution in [0.4, 0.5) is 4.79 Å². The second kappa shape index (κ2) is 6.28. The first-order valence-corrected chi connectivity index (χ1v) is 6.07. The third kappa shape index (κ3) is 3.15. The van der Waals surface area contributed by atoms with Gasteiger partial charge < -0.3 is 15.0 Å². The Morgan fingerprint density at radius 2 is 2.00 bits per heavy atom. The van der Waals surface area contributed by atoms with Crippen LogP contribution in [0.1, 0.15) is 16.7 Å². The third-order valence-corrected chi connectivity index (χ3v) is 3.35. The van der Waals surface area contributed by atoms with Crippen LogP contribution in [-0.4, -0.2) is 38.7 Å².